The van der Waals surface area contributed by atoms with Crippen molar-refractivity contribution in [2.75, 3.05) is 26.4 Å². The topological polar surface area (TPSA) is 53.7 Å². The molecule has 2 unspecified atom stereocenters. The molecule has 2 aliphatic heterocycles. The van der Waals surface area contributed by atoms with Crippen molar-refractivity contribution in [2.45, 2.75) is 37.4 Å². The normalized spacial score (nSPS) is 29.0. The molecular formula is C16H22ClNO3. The summed E-state index contributed by atoms with van der Waals surface area (Å²) in [6, 6.07) is 5.92. The summed E-state index contributed by atoms with van der Waals surface area (Å²) in [7, 11) is 0. The lowest BCUT2D eigenvalue weighted by Gasteiger charge is -2.37. The van der Waals surface area contributed by atoms with Crippen molar-refractivity contribution in [1.82, 2.24) is 0 Å². The third kappa shape index (κ3) is 3.51. The van der Waals surface area contributed by atoms with E-state index in [4.69, 9.17) is 31.5 Å². The zero-order valence-corrected chi connectivity index (χ0v) is 12.9. The van der Waals surface area contributed by atoms with Crippen LogP contribution in [0.5, 0.6) is 5.75 Å². The molecule has 3 rings (SSSR count). The highest BCUT2D eigenvalue weighted by Crippen LogP contribution is 2.36. The summed E-state index contributed by atoms with van der Waals surface area (Å²) in [6.45, 7) is 2.80. The van der Waals surface area contributed by atoms with Crippen LogP contribution in [0.2, 0.25) is 5.02 Å². The van der Waals surface area contributed by atoms with Crippen LogP contribution in [0.1, 0.15) is 24.8 Å². The second-order valence-corrected chi connectivity index (χ2v) is 6.28. The molecule has 2 atom stereocenters. The van der Waals surface area contributed by atoms with Gasteiger partial charge in [0, 0.05) is 25.9 Å². The van der Waals surface area contributed by atoms with Crippen LogP contribution >= 0.6 is 11.6 Å². The second-order valence-electron chi connectivity index (χ2n) is 5.87. The molecule has 1 spiro atoms. The van der Waals surface area contributed by atoms with Crippen molar-refractivity contribution in [3.63, 3.8) is 0 Å². The average molecular weight is 312 g/mol. The Morgan fingerprint density at radius 1 is 1.38 bits per heavy atom. The molecule has 0 amide bonds. The largest absolute Gasteiger partial charge is 0.489 e. The smallest absolute Gasteiger partial charge is 0.138 e. The minimum atomic E-state index is -0.144. The Balaban J connectivity index is 1.65. The van der Waals surface area contributed by atoms with Crippen LogP contribution in [0.25, 0.3) is 0 Å². The predicted molar refractivity (Wildman–Crippen MR) is 82.0 cm³/mol. The fraction of sp³-hybridized carbons (Fsp3) is 0.625. The Kier molecular flexibility index (Phi) is 4.69. The van der Waals surface area contributed by atoms with Crippen molar-refractivity contribution in [3.05, 3.63) is 28.8 Å². The molecule has 4 nitrogen and oxygen atoms in total. The molecule has 2 saturated heterocycles. The highest BCUT2D eigenvalue weighted by molar-refractivity contribution is 6.32. The highest BCUT2D eigenvalue weighted by Gasteiger charge is 2.41. The van der Waals surface area contributed by atoms with Crippen LogP contribution in [0.3, 0.4) is 0 Å². The van der Waals surface area contributed by atoms with Gasteiger partial charge >= 0.3 is 0 Å². The van der Waals surface area contributed by atoms with Gasteiger partial charge < -0.3 is 19.9 Å². The van der Waals surface area contributed by atoms with Gasteiger partial charge in [-0.3, -0.25) is 0 Å². The number of nitrogens with two attached hydrogens (primary N) is 1. The van der Waals surface area contributed by atoms with Gasteiger partial charge in [-0.2, -0.15) is 0 Å². The molecule has 0 aliphatic carbocycles. The molecule has 2 heterocycles. The summed E-state index contributed by atoms with van der Waals surface area (Å²) in [5.41, 5.74) is 6.56. The Morgan fingerprint density at radius 3 is 3.00 bits per heavy atom. The quantitative estimate of drug-likeness (QED) is 0.928. The van der Waals surface area contributed by atoms with E-state index in [0.29, 0.717) is 18.2 Å². The summed E-state index contributed by atoms with van der Waals surface area (Å²) < 4.78 is 17.5. The van der Waals surface area contributed by atoms with E-state index in [1.807, 2.05) is 18.2 Å². The molecule has 21 heavy (non-hydrogen) atoms. The molecule has 0 radical (unpaired) electrons. The molecule has 2 aliphatic rings. The number of ether oxygens (including phenoxy) is 3. The SMILES string of the molecule is NCCc1ccc(OC2CCOC3(CCOC3)C2)c(Cl)c1. The van der Waals surface area contributed by atoms with Gasteiger partial charge in [-0.15, -0.1) is 0 Å². The first kappa shape index (κ1) is 15.1. The van der Waals surface area contributed by atoms with E-state index in [9.17, 15) is 0 Å². The van der Waals surface area contributed by atoms with E-state index < -0.39 is 0 Å². The third-order valence-electron chi connectivity index (χ3n) is 4.24. The Labute approximate surface area is 130 Å². The van der Waals surface area contributed by atoms with Crippen molar-refractivity contribution >= 4 is 11.6 Å². The lowest BCUT2D eigenvalue weighted by Crippen LogP contribution is -2.44. The van der Waals surface area contributed by atoms with E-state index in [2.05, 4.69) is 0 Å². The van der Waals surface area contributed by atoms with Crippen LogP contribution in [0, 0.1) is 0 Å². The van der Waals surface area contributed by atoms with E-state index in [-0.39, 0.29) is 11.7 Å². The van der Waals surface area contributed by atoms with E-state index >= 15 is 0 Å². The second kappa shape index (κ2) is 6.53. The maximum absolute atomic E-state index is 6.31. The highest BCUT2D eigenvalue weighted by atomic mass is 35.5. The molecule has 116 valence electrons. The number of halogens is 1. The maximum atomic E-state index is 6.31. The Hall–Kier alpha value is -0.810. The zero-order chi connectivity index (χ0) is 14.7. The average Bonchev–Trinajstić information content (AvgIpc) is 2.90. The molecule has 2 fully saturated rings. The molecule has 1 aromatic rings. The summed E-state index contributed by atoms with van der Waals surface area (Å²) in [5.74, 6) is 0.749. The molecule has 0 aromatic heterocycles. The van der Waals surface area contributed by atoms with Crippen molar-refractivity contribution in [1.29, 1.82) is 0 Å². The molecule has 0 bridgehead atoms. The van der Waals surface area contributed by atoms with Crippen LogP contribution in [0.15, 0.2) is 18.2 Å². The van der Waals surface area contributed by atoms with Crippen molar-refractivity contribution in [3.8, 4) is 5.75 Å². The van der Waals surface area contributed by atoms with Gasteiger partial charge in [-0.25, -0.2) is 0 Å². The summed E-state index contributed by atoms with van der Waals surface area (Å²) >= 11 is 6.31. The molecule has 2 N–H and O–H groups in total. The first-order valence-electron chi connectivity index (χ1n) is 7.58. The number of benzene rings is 1. The van der Waals surface area contributed by atoms with Gasteiger partial charge in [0.2, 0.25) is 0 Å². The van der Waals surface area contributed by atoms with Crippen LogP contribution in [-0.2, 0) is 15.9 Å². The molecule has 1 aromatic carbocycles. The number of hydrogen-bond donors (Lipinski definition) is 1. The van der Waals surface area contributed by atoms with Gasteiger partial charge in [0.15, 0.2) is 0 Å². The van der Waals surface area contributed by atoms with Gasteiger partial charge in [-0.1, -0.05) is 17.7 Å². The number of hydrogen-bond acceptors (Lipinski definition) is 4. The van der Waals surface area contributed by atoms with Crippen molar-refractivity contribution < 1.29 is 14.2 Å². The lowest BCUT2D eigenvalue weighted by atomic mass is 9.91. The van der Waals surface area contributed by atoms with Gasteiger partial charge in [0.05, 0.1) is 23.8 Å². The van der Waals surface area contributed by atoms with Gasteiger partial charge in [0.1, 0.15) is 11.9 Å². The summed E-state index contributed by atoms with van der Waals surface area (Å²) in [4.78, 5) is 0. The Morgan fingerprint density at radius 2 is 2.29 bits per heavy atom. The minimum Gasteiger partial charge on any atom is -0.489 e. The first-order chi connectivity index (χ1) is 10.2. The summed E-state index contributed by atoms with van der Waals surface area (Å²) in [5, 5.41) is 0.657. The molecule has 5 heteroatoms. The minimum absolute atomic E-state index is 0.137. The standard InChI is InChI=1S/C16H22ClNO3/c17-14-9-12(3-6-18)1-2-15(14)21-13-4-7-20-16(10-13)5-8-19-11-16/h1-2,9,13H,3-8,10-11,18H2. The van der Waals surface area contributed by atoms with E-state index in [1.165, 1.54) is 0 Å². The van der Waals surface area contributed by atoms with Gasteiger partial charge in [0.25, 0.3) is 0 Å². The maximum Gasteiger partial charge on any atom is 0.138 e. The summed E-state index contributed by atoms with van der Waals surface area (Å²) in [6.07, 6.45) is 3.68. The van der Waals surface area contributed by atoms with Crippen molar-refractivity contribution in [2.24, 2.45) is 5.73 Å². The Bertz CT molecular complexity index is 488. The van der Waals surface area contributed by atoms with Crippen LogP contribution in [-0.4, -0.2) is 38.1 Å². The molecular weight excluding hydrogens is 290 g/mol. The fourth-order valence-corrected chi connectivity index (χ4v) is 3.34. The van der Waals surface area contributed by atoms with Crippen LogP contribution < -0.4 is 10.5 Å². The number of rotatable bonds is 4. The van der Waals surface area contributed by atoms with Gasteiger partial charge in [-0.05, 0) is 30.7 Å². The third-order valence-corrected chi connectivity index (χ3v) is 4.53. The van der Waals surface area contributed by atoms with E-state index in [0.717, 1.165) is 50.2 Å². The monoisotopic (exact) mass is 311 g/mol. The first-order valence-corrected chi connectivity index (χ1v) is 7.95. The zero-order valence-electron chi connectivity index (χ0n) is 12.1. The lowest BCUT2D eigenvalue weighted by molar-refractivity contribution is -0.112. The predicted octanol–water partition coefficient (Wildman–Crippen LogP) is 2.56. The molecule has 0 saturated carbocycles. The van der Waals surface area contributed by atoms with Crippen LogP contribution in [0.4, 0.5) is 0 Å². The van der Waals surface area contributed by atoms with E-state index in [1.54, 1.807) is 0 Å². The fourth-order valence-electron chi connectivity index (χ4n) is 3.09.